The Bertz CT molecular complexity index is 963. The summed E-state index contributed by atoms with van der Waals surface area (Å²) in [6, 6.07) is 12.8. The van der Waals surface area contributed by atoms with Gasteiger partial charge in [-0.25, -0.2) is 8.42 Å². The molecule has 132 valence electrons. The third-order valence-corrected chi connectivity index (χ3v) is 6.49. The maximum Gasteiger partial charge on any atom is 0.266 e. The second kappa shape index (κ2) is 7.09. The van der Waals surface area contributed by atoms with Crippen LogP contribution in [0.1, 0.15) is 38.7 Å². The molecule has 0 radical (unpaired) electrons. The number of rotatable bonds is 6. The standard InChI is InChI=1S/C18H21N3O2S2/c1-4-12-21(15-10-8-14(9-11-15)13(2)3)25(22,23)17-7-5-6-16-18(17)20-24-19-16/h5-11,13H,4,12H2,1-3H3. The third kappa shape index (κ3) is 3.39. The Balaban J connectivity index is 2.09. The summed E-state index contributed by atoms with van der Waals surface area (Å²) in [7, 11) is -3.71. The minimum absolute atomic E-state index is 0.208. The smallest absolute Gasteiger partial charge is 0.266 e. The molecule has 0 bridgehead atoms. The summed E-state index contributed by atoms with van der Waals surface area (Å²) in [5, 5.41) is 0. The summed E-state index contributed by atoms with van der Waals surface area (Å²) in [5.74, 6) is 0.403. The predicted octanol–water partition coefficient (Wildman–Crippen LogP) is 4.42. The second-order valence-electron chi connectivity index (χ2n) is 6.21. The number of aromatic nitrogens is 2. The van der Waals surface area contributed by atoms with Crippen molar-refractivity contribution in [2.45, 2.75) is 38.0 Å². The molecule has 5 nitrogen and oxygen atoms in total. The highest BCUT2D eigenvalue weighted by Gasteiger charge is 2.27. The van der Waals surface area contributed by atoms with Crippen molar-refractivity contribution in [2.75, 3.05) is 10.8 Å². The predicted molar refractivity (Wildman–Crippen MR) is 103 cm³/mol. The minimum atomic E-state index is -3.71. The molecule has 0 fully saturated rings. The maximum atomic E-state index is 13.3. The van der Waals surface area contributed by atoms with Crippen LogP contribution in [0, 0.1) is 0 Å². The molecule has 0 amide bonds. The molecule has 7 heteroatoms. The Morgan fingerprint density at radius 3 is 2.44 bits per heavy atom. The monoisotopic (exact) mass is 375 g/mol. The molecule has 1 heterocycles. The Morgan fingerprint density at radius 2 is 1.80 bits per heavy atom. The van der Waals surface area contributed by atoms with Gasteiger partial charge in [0.25, 0.3) is 10.0 Å². The van der Waals surface area contributed by atoms with Crippen molar-refractivity contribution in [3.8, 4) is 0 Å². The Labute approximate surface area is 152 Å². The molecule has 3 rings (SSSR count). The fourth-order valence-corrected chi connectivity index (χ4v) is 5.04. The quantitative estimate of drug-likeness (QED) is 0.640. The van der Waals surface area contributed by atoms with Crippen molar-refractivity contribution in [3.05, 3.63) is 48.0 Å². The zero-order chi connectivity index (χ0) is 18.0. The van der Waals surface area contributed by atoms with E-state index in [0.717, 1.165) is 18.1 Å². The zero-order valence-corrected chi connectivity index (χ0v) is 16.1. The lowest BCUT2D eigenvalue weighted by atomic mass is 10.0. The number of hydrogen-bond acceptors (Lipinski definition) is 5. The maximum absolute atomic E-state index is 13.3. The Morgan fingerprint density at radius 1 is 1.08 bits per heavy atom. The first-order valence-electron chi connectivity index (χ1n) is 8.29. The van der Waals surface area contributed by atoms with E-state index in [0.29, 0.717) is 29.2 Å². The van der Waals surface area contributed by atoms with Gasteiger partial charge in [-0.3, -0.25) is 4.31 Å². The SMILES string of the molecule is CCCN(c1ccc(C(C)C)cc1)S(=O)(=O)c1cccc2nsnc12. The van der Waals surface area contributed by atoms with E-state index in [1.807, 2.05) is 31.2 Å². The van der Waals surface area contributed by atoms with Gasteiger partial charge in [0, 0.05) is 6.54 Å². The average molecular weight is 376 g/mol. The van der Waals surface area contributed by atoms with Crippen LogP contribution in [0.25, 0.3) is 11.0 Å². The molecular formula is C18H21N3O2S2. The van der Waals surface area contributed by atoms with Crippen molar-refractivity contribution in [3.63, 3.8) is 0 Å². The number of sulfonamides is 1. The summed E-state index contributed by atoms with van der Waals surface area (Å²) in [4.78, 5) is 0.208. The fourth-order valence-electron chi connectivity index (χ4n) is 2.72. The molecule has 0 saturated heterocycles. The van der Waals surface area contributed by atoms with Gasteiger partial charge in [0.1, 0.15) is 15.9 Å². The van der Waals surface area contributed by atoms with Crippen LogP contribution in [0.3, 0.4) is 0 Å². The highest BCUT2D eigenvalue weighted by Crippen LogP contribution is 2.29. The van der Waals surface area contributed by atoms with E-state index in [9.17, 15) is 8.42 Å². The van der Waals surface area contributed by atoms with Crippen LogP contribution in [0.2, 0.25) is 0 Å². The third-order valence-electron chi connectivity index (χ3n) is 4.09. The van der Waals surface area contributed by atoms with Crippen molar-refractivity contribution < 1.29 is 8.42 Å². The molecule has 0 aliphatic rings. The summed E-state index contributed by atoms with van der Waals surface area (Å²) < 4.78 is 36.4. The van der Waals surface area contributed by atoms with E-state index in [4.69, 9.17) is 0 Å². The molecule has 2 aromatic carbocycles. The molecule has 0 saturated carbocycles. The first-order valence-corrected chi connectivity index (χ1v) is 10.5. The largest absolute Gasteiger partial charge is 0.266 e. The Hall–Kier alpha value is -1.99. The summed E-state index contributed by atoms with van der Waals surface area (Å²) in [5.41, 5.74) is 2.90. The number of fused-ring (bicyclic) bond motifs is 1. The Kier molecular flexibility index (Phi) is 5.06. The van der Waals surface area contributed by atoms with Gasteiger partial charge >= 0.3 is 0 Å². The van der Waals surface area contributed by atoms with Gasteiger partial charge in [-0.2, -0.15) is 8.75 Å². The van der Waals surface area contributed by atoms with Gasteiger partial charge in [0.15, 0.2) is 0 Å². The first kappa shape index (κ1) is 17.8. The van der Waals surface area contributed by atoms with Gasteiger partial charge in [0.05, 0.1) is 17.4 Å². The van der Waals surface area contributed by atoms with Crippen LogP contribution in [0.15, 0.2) is 47.4 Å². The number of benzene rings is 2. The van der Waals surface area contributed by atoms with Crippen LogP contribution < -0.4 is 4.31 Å². The highest BCUT2D eigenvalue weighted by molar-refractivity contribution is 7.93. The zero-order valence-electron chi connectivity index (χ0n) is 14.5. The lowest BCUT2D eigenvalue weighted by Gasteiger charge is -2.24. The van der Waals surface area contributed by atoms with Crippen molar-refractivity contribution in [1.82, 2.24) is 8.75 Å². The normalized spacial score (nSPS) is 12.0. The highest BCUT2D eigenvalue weighted by atomic mass is 32.2. The lowest BCUT2D eigenvalue weighted by Crippen LogP contribution is -2.32. The van der Waals surface area contributed by atoms with Gasteiger partial charge in [0.2, 0.25) is 0 Å². The van der Waals surface area contributed by atoms with Crippen molar-refractivity contribution in [1.29, 1.82) is 0 Å². The van der Waals surface area contributed by atoms with E-state index < -0.39 is 10.0 Å². The van der Waals surface area contributed by atoms with E-state index in [-0.39, 0.29) is 4.90 Å². The molecule has 0 N–H and O–H groups in total. The number of hydrogen-bond donors (Lipinski definition) is 0. The topological polar surface area (TPSA) is 63.2 Å². The van der Waals surface area contributed by atoms with Crippen LogP contribution >= 0.6 is 11.7 Å². The lowest BCUT2D eigenvalue weighted by molar-refractivity contribution is 0.591. The summed E-state index contributed by atoms with van der Waals surface area (Å²) in [6.07, 6.45) is 0.719. The van der Waals surface area contributed by atoms with Gasteiger partial charge in [-0.1, -0.05) is 39.0 Å². The molecule has 0 unspecified atom stereocenters. The molecule has 1 aromatic heterocycles. The van der Waals surface area contributed by atoms with Crippen LogP contribution in [-0.2, 0) is 10.0 Å². The molecule has 0 aliphatic heterocycles. The second-order valence-corrected chi connectivity index (χ2v) is 8.57. The van der Waals surface area contributed by atoms with Gasteiger partial charge in [-0.15, -0.1) is 0 Å². The van der Waals surface area contributed by atoms with E-state index in [2.05, 4.69) is 22.6 Å². The summed E-state index contributed by atoms with van der Waals surface area (Å²) >= 11 is 1.03. The van der Waals surface area contributed by atoms with E-state index in [1.165, 1.54) is 9.87 Å². The molecule has 25 heavy (non-hydrogen) atoms. The first-order chi connectivity index (χ1) is 11.9. The van der Waals surface area contributed by atoms with Crippen LogP contribution in [0.5, 0.6) is 0 Å². The van der Waals surface area contributed by atoms with Gasteiger partial charge in [-0.05, 0) is 42.2 Å². The molecule has 3 aromatic rings. The van der Waals surface area contributed by atoms with Crippen molar-refractivity contribution in [2.24, 2.45) is 0 Å². The number of anilines is 1. The number of nitrogens with zero attached hydrogens (tertiary/aromatic N) is 3. The van der Waals surface area contributed by atoms with Crippen LogP contribution in [-0.4, -0.2) is 23.7 Å². The van der Waals surface area contributed by atoms with Crippen molar-refractivity contribution >= 4 is 38.5 Å². The minimum Gasteiger partial charge on any atom is -0.266 e. The fraction of sp³-hybridized carbons (Fsp3) is 0.333. The molecule has 0 atom stereocenters. The summed E-state index contributed by atoms with van der Waals surface area (Å²) in [6.45, 7) is 6.62. The van der Waals surface area contributed by atoms with Gasteiger partial charge < -0.3 is 0 Å². The van der Waals surface area contributed by atoms with Crippen LogP contribution in [0.4, 0.5) is 5.69 Å². The average Bonchev–Trinajstić information content (AvgIpc) is 3.08. The molecular weight excluding hydrogens is 354 g/mol. The van der Waals surface area contributed by atoms with E-state index in [1.54, 1.807) is 18.2 Å². The molecule has 0 aliphatic carbocycles. The molecule has 0 spiro atoms. The van der Waals surface area contributed by atoms with E-state index >= 15 is 0 Å².